The molecule has 1 fully saturated rings. The van der Waals surface area contributed by atoms with E-state index < -0.39 is 0 Å². The summed E-state index contributed by atoms with van der Waals surface area (Å²) in [5.41, 5.74) is 1.91. The summed E-state index contributed by atoms with van der Waals surface area (Å²) in [5.74, 6) is 0.724. The van der Waals surface area contributed by atoms with Crippen molar-refractivity contribution in [2.24, 2.45) is 0 Å². The number of halogens is 1. The molecule has 0 aliphatic carbocycles. The molecule has 27 heavy (non-hydrogen) atoms. The Morgan fingerprint density at radius 1 is 1.07 bits per heavy atom. The lowest BCUT2D eigenvalue weighted by Crippen LogP contribution is -2.49. The molecule has 5 nitrogen and oxygen atoms in total. The molecule has 0 spiro atoms. The highest BCUT2D eigenvalue weighted by Gasteiger charge is 2.21. The van der Waals surface area contributed by atoms with E-state index in [-0.39, 0.29) is 11.7 Å². The molecule has 1 aliphatic heterocycles. The number of para-hydroxylation sites is 2. The highest BCUT2D eigenvalue weighted by atomic mass is 19.1. The average Bonchev–Trinajstić information content (AvgIpc) is 2.70. The number of rotatable bonds is 7. The van der Waals surface area contributed by atoms with Crippen molar-refractivity contribution in [3.63, 3.8) is 0 Å². The molecular formula is C21H26FN3O2. The molecule has 6 heteroatoms. The third-order valence-corrected chi connectivity index (χ3v) is 4.67. The molecule has 1 heterocycles. The quantitative estimate of drug-likeness (QED) is 0.811. The number of carbonyl (C=O) groups is 1. The van der Waals surface area contributed by atoms with Crippen LogP contribution in [0.1, 0.15) is 13.3 Å². The van der Waals surface area contributed by atoms with Crippen molar-refractivity contribution in [3.05, 3.63) is 54.3 Å². The summed E-state index contributed by atoms with van der Waals surface area (Å²) in [4.78, 5) is 16.6. The third kappa shape index (κ3) is 5.12. The number of amides is 1. The Hall–Kier alpha value is -2.76. The number of nitrogens with one attached hydrogen (secondary N) is 1. The van der Waals surface area contributed by atoms with Crippen LogP contribution in [-0.2, 0) is 4.79 Å². The van der Waals surface area contributed by atoms with Crippen LogP contribution in [0.5, 0.6) is 5.75 Å². The van der Waals surface area contributed by atoms with E-state index in [0.717, 1.165) is 30.2 Å². The lowest BCUT2D eigenvalue weighted by Gasteiger charge is -2.36. The summed E-state index contributed by atoms with van der Waals surface area (Å²) in [5, 5.41) is 3.29. The minimum absolute atomic E-state index is 0.148. The van der Waals surface area contributed by atoms with Gasteiger partial charge >= 0.3 is 0 Å². The van der Waals surface area contributed by atoms with E-state index in [1.165, 1.54) is 12.1 Å². The summed E-state index contributed by atoms with van der Waals surface area (Å²) in [6, 6.07) is 14.3. The zero-order valence-corrected chi connectivity index (χ0v) is 15.7. The molecule has 0 atom stereocenters. The first-order valence-electron chi connectivity index (χ1n) is 9.41. The molecule has 1 amide bonds. The Balaban J connectivity index is 1.44. The molecule has 2 aromatic carbocycles. The van der Waals surface area contributed by atoms with Gasteiger partial charge in [-0.1, -0.05) is 12.1 Å². The third-order valence-electron chi connectivity index (χ3n) is 4.67. The molecular weight excluding hydrogens is 345 g/mol. The van der Waals surface area contributed by atoms with E-state index in [2.05, 4.69) is 10.2 Å². The Bertz CT molecular complexity index is 743. The number of hydrogen-bond donors (Lipinski definition) is 1. The fourth-order valence-electron chi connectivity index (χ4n) is 3.22. The number of piperazine rings is 1. The summed E-state index contributed by atoms with van der Waals surface area (Å²) in [6.07, 6.45) is 0.441. The van der Waals surface area contributed by atoms with Gasteiger partial charge in [0.2, 0.25) is 5.91 Å². The van der Waals surface area contributed by atoms with Gasteiger partial charge in [0.15, 0.2) is 0 Å². The van der Waals surface area contributed by atoms with Gasteiger partial charge in [-0.15, -0.1) is 0 Å². The van der Waals surface area contributed by atoms with Crippen molar-refractivity contribution in [1.82, 2.24) is 4.90 Å². The van der Waals surface area contributed by atoms with Crippen molar-refractivity contribution >= 4 is 17.3 Å². The Kier molecular flexibility index (Phi) is 6.52. The van der Waals surface area contributed by atoms with E-state index in [4.69, 9.17) is 4.74 Å². The van der Waals surface area contributed by atoms with Gasteiger partial charge in [-0.05, 0) is 43.3 Å². The highest BCUT2D eigenvalue weighted by Crippen LogP contribution is 2.23. The van der Waals surface area contributed by atoms with Gasteiger partial charge in [0.05, 0.1) is 12.3 Å². The molecule has 2 aromatic rings. The number of anilines is 2. The van der Waals surface area contributed by atoms with Crippen LogP contribution in [0.15, 0.2) is 48.5 Å². The monoisotopic (exact) mass is 371 g/mol. The van der Waals surface area contributed by atoms with E-state index in [9.17, 15) is 9.18 Å². The number of hydrogen-bond acceptors (Lipinski definition) is 4. The number of nitrogens with zero attached hydrogens (tertiary/aromatic N) is 2. The van der Waals surface area contributed by atoms with E-state index in [1.807, 2.05) is 36.1 Å². The van der Waals surface area contributed by atoms with Crippen LogP contribution in [-0.4, -0.2) is 50.1 Å². The number of carbonyl (C=O) groups excluding carboxylic acids is 1. The molecule has 1 N–H and O–H groups in total. The predicted octanol–water partition coefficient (Wildman–Crippen LogP) is 3.38. The zero-order chi connectivity index (χ0) is 19.1. The molecule has 0 aromatic heterocycles. The second-order valence-electron chi connectivity index (χ2n) is 6.45. The van der Waals surface area contributed by atoms with Crippen molar-refractivity contribution in [2.75, 3.05) is 49.5 Å². The molecule has 0 unspecified atom stereocenters. The second kappa shape index (κ2) is 9.26. The van der Waals surface area contributed by atoms with Crippen LogP contribution in [0.3, 0.4) is 0 Å². The molecule has 3 rings (SSSR count). The Morgan fingerprint density at radius 2 is 1.78 bits per heavy atom. The fraction of sp³-hybridized carbons (Fsp3) is 0.381. The predicted molar refractivity (Wildman–Crippen MR) is 106 cm³/mol. The maximum absolute atomic E-state index is 13.0. The van der Waals surface area contributed by atoms with E-state index in [0.29, 0.717) is 32.7 Å². The number of benzene rings is 2. The van der Waals surface area contributed by atoms with Gasteiger partial charge in [-0.25, -0.2) is 4.39 Å². The Labute approximate surface area is 159 Å². The van der Waals surface area contributed by atoms with Crippen LogP contribution in [0, 0.1) is 5.82 Å². The van der Waals surface area contributed by atoms with Crippen molar-refractivity contribution < 1.29 is 13.9 Å². The first kappa shape index (κ1) is 19.0. The minimum atomic E-state index is -0.231. The highest BCUT2D eigenvalue weighted by molar-refractivity contribution is 5.77. The van der Waals surface area contributed by atoms with Gasteiger partial charge in [-0.3, -0.25) is 4.79 Å². The first-order chi connectivity index (χ1) is 13.2. The van der Waals surface area contributed by atoms with Crippen LogP contribution in [0.4, 0.5) is 15.8 Å². The average molecular weight is 371 g/mol. The smallest absolute Gasteiger partial charge is 0.224 e. The van der Waals surface area contributed by atoms with Crippen molar-refractivity contribution in [3.8, 4) is 5.75 Å². The lowest BCUT2D eigenvalue weighted by atomic mass is 10.2. The van der Waals surface area contributed by atoms with Crippen molar-refractivity contribution in [1.29, 1.82) is 0 Å². The zero-order valence-electron chi connectivity index (χ0n) is 15.7. The lowest BCUT2D eigenvalue weighted by molar-refractivity contribution is -0.131. The fourth-order valence-corrected chi connectivity index (χ4v) is 3.22. The molecule has 0 saturated carbocycles. The maximum atomic E-state index is 13.0. The van der Waals surface area contributed by atoms with E-state index in [1.54, 1.807) is 12.1 Å². The van der Waals surface area contributed by atoms with Gasteiger partial charge in [0.1, 0.15) is 11.6 Å². The molecule has 0 bridgehead atoms. The normalized spacial score (nSPS) is 14.1. The second-order valence-corrected chi connectivity index (χ2v) is 6.45. The molecule has 144 valence electrons. The first-order valence-corrected chi connectivity index (χ1v) is 9.41. The Morgan fingerprint density at radius 3 is 2.48 bits per heavy atom. The summed E-state index contributed by atoms with van der Waals surface area (Å²) in [7, 11) is 0. The van der Waals surface area contributed by atoms with Gasteiger partial charge in [-0.2, -0.15) is 0 Å². The molecule has 1 saturated heterocycles. The van der Waals surface area contributed by atoms with Gasteiger partial charge < -0.3 is 19.9 Å². The maximum Gasteiger partial charge on any atom is 0.224 e. The van der Waals surface area contributed by atoms with Crippen molar-refractivity contribution in [2.45, 2.75) is 13.3 Å². The standard InChI is InChI=1S/C21H26FN3O2/c1-2-27-20-6-4-3-5-19(20)23-12-11-21(26)25-15-13-24(14-16-25)18-9-7-17(22)8-10-18/h3-10,23H,2,11-16H2,1H3. The topological polar surface area (TPSA) is 44.8 Å². The van der Waals surface area contributed by atoms with Crippen LogP contribution >= 0.6 is 0 Å². The summed E-state index contributed by atoms with van der Waals surface area (Å²) < 4.78 is 18.6. The summed E-state index contributed by atoms with van der Waals surface area (Å²) in [6.45, 7) is 6.02. The summed E-state index contributed by atoms with van der Waals surface area (Å²) >= 11 is 0. The van der Waals surface area contributed by atoms with Gasteiger partial charge in [0.25, 0.3) is 0 Å². The van der Waals surface area contributed by atoms with E-state index >= 15 is 0 Å². The molecule has 1 aliphatic rings. The SMILES string of the molecule is CCOc1ccccc1NCCC(=O)N1CCN(c2ccc(F)cc2)CC1. The van der Waals surface area contributed by atoms with Crippen LogP contribution in [0.2, 0.25) is 0 Å². The number of ether oxygens (including phenoxy) is 1. The molecule has 0 radical (unpaired) electrons. The van der Waals surface area contributed by atoms with Crippen LogP contribution < -0.4 is 15.0 Å². The van der Waals surface area contributed by atoms with Gasteiger partial charge in [0, 0.05) is 44.8 Å². The largest absolute Gasteiger partial charge is 0.492 e. The van der Waals surface area contributed by atoms with Crippen LogP contribution in [0.25, 0.3) is 0 Å². The minimum Gasteiger partial charge on any atom is -0.492 e.